The lowest BCUT2D eigenvalue weighted by atomic mass is 9.98. The lowest BCUT2D eigenvalue weighted by Gasteiger charge is -2.26. The molecule has 30 heavy (non-hydrogen) atoms. The highest BCUT2D eigenvalue weighted by molar-refractivity contribution is 7.62. The highest BCUT2D eigenvalue weighted by Gasteiger charge is 2.35. The molecule has 0 amide bonds. The molecule has 1 aromatic rings. The molecule has 0 aliphatic carbocycles. The summed E-state index contributed by atoms with van der Waals surface area (Å²) in [6.07, 6.45) is 0.0949. The number of carbonyl (C=O) groups is 2. The molecule has 0 atom stereocenters. The number of hydrogen-bond acceptors (Lipinski definition) is 7. The molecular weight excluding hydrogens is 407 g/mol. The lowest BCUT2D eigenvalue weighted by Crippen LogP contribution is -2.38. The first-order valence-electron chi connectivity index (χ1n) is 10.1. The van der Waals surface area contributed by atoms with Gasteiger partial charge in [0.05, 0.1) is 18.5 Å². The third kappa shape index (κ3) is 8.58. The molecule has 0 heterocycles. The van der Waals surface area contributed by atoms with Gasteiger partial charge in [-0.15, -0.1) is 0 Å². The van der Waals surface area contributed by atoms with Gasteiger partial charge in [-0.1, -0.05) is 12.1 Å². The Bertz CT molecular complexity index is 719. The van der Waals surface area contributed by atoms with Crippen LogP contribution >= 0.6 is 7.60 Å². The quantitative estimate of drug-likeness (QED) is 0.318. The minimum Gasteiger partial charge on any atom is -0.459 e. The van der Waals surface area contributed by atoms with Crippen LogP contribution in [0.15, 0.2) is 24.3 Å². The molecule has 0 aliphatic heterocycles. The van der Waals surface area contributed by atoms with Gasteiger partial charge in [-0.25, -0.2) is 0 Å². The molecule has 8 heteroatoms. The van der Waals surface area contributed by atoms with E-state index >= 15 is 0 Å². The SMILES string of the molecule is CCOP(=O)(OCC)c1ccc(CC(C(=O)OC(C)(C)C)C(=O)OC(C)(C)C)cc1. The zero-order chi connectivity index (χ0) is 23.2. The fraction of sp³-hybridized carbons (Fsp3) is 0.636. The summed E-state index contributed by atoms with van der Waals surface area (Å²) in [6, 6.07) is 6.65. The van der Waals surface area contributed by atoms with Gasteiger partial charge in [0.25, 0.3) is 0 Å². The molecule has 0 aliphatic rings. The molecule has 0 radical (unpaired) electrons. The van der Waals surface area contributed by atoms with Gasteiger partial charge in [0.2, 0.25) is 0 Å². The van der Waals surface area contributed by atoms with Crippen LogP contribution < -0.4 is 5.30 Å². The van der Waals surface area contributed by atoms with E-state index in [-0.39, 0.29) is 19.6 Å². The third-order valence-electron chi connectivity index (χ3n) is 3.67. The minimum atomic E-state index is -3.40. The van der Waals surface area contributed by atoms with Gasteiger partial charge in [-0.05, 0) is 79.5 Å². The minimum absolute atomic E-state index is 0.0949. The Morgan fingerprint density at radius 3 is 1.57 bits per heavy atom. The average Bonchev–Trinajstić information content (AvgIpc) is 2.57. The van der Waals surface area contributed by atoms with E-state index in [1.807, 2.05) is 0 Å². The Balaban J connectivity index is 3.12. The first kappa shape index (κ1) is 26.3. The molecule has 0 aromatic heterocycles. The molecule has 0 fully saturated rings. The van der Waals surface area contributed by atoms with E-state index in [1.54, 1.807) is 79.7 Å². The Hall–Kier alpha value is -1.69. The molecule has 0 saturated carbocycles. The van der Waals surface area contributed by atoms with E-state index in [2.05, 4.69) is 0 Å². The van der Waals surface area contributed by atoms with Crippen LogP contribution in [0.5, 0.6) is 0 Å². The van der Waals surface area contributed by atoms with Crippen molar-refractivity contribution in [3.8, 4) is 0 Å². The maximum atomic E-state index is 12.9. The zero-order valence-electron chi connectivity index (χ0n) is 19.3. The van der Waals surface area contributed by atoms with Crippen molar-refractivity contribution < 1.29 is 32.7 Å². The topological polar surface area (TPSA) is 88.1 Å². The van der Waals surface area contributed by atoms with E-state index < -0.39 is 36.7 Å². The van der Waals surface area contributed by atoms with E-state index in [0.717, 1.165) is 0 Å². The van der Waals surface area contributed by atoms with Crippen LogP contribution in [0, 0.1) is 5.92 Å². The molecule has 170 valence electrons. The number of benzene rings is 1. The first-order chi connectivity index (χ1) is 13.7. The van der Waals surface area contributed by atoms with Crippen LogP contribution in [0.3, 0.4) is 0 Å². The van der Waals surface area contributed by atoms with E-state index in [9.17, 15) is 14.2 Å². The van der Waals surface area contributed by atoms with Gasteiger partial charge in [0.15, 0.2) is 5.92 Å². The Kier molecular flexibility index (Phi) is 9.27. The molecule has 0 saturated heterocycles. The molecule has 0 N–H and O–H groups in total. The summed E-state index contributed by atoms with van der Waals surface area (Å²) in [4.78, 5) is 25.4. The summed E-state index contributed by atoms with van der Waals surface area (Å²) in [6.45, 7) is 14.4. The van der Waals surface area contributed by atoms with E-state index in [0.29, 0.717) is 10.9 Å². The second kappa shape index (κ2) is 10.6. The van der Waals surface area contributed by atoms with Crippen LogP contribution in [0.1, 0.15) is 61.0 Å². The van der Waals surface area contributed by atoms with Crippen molar-refractivity contribution in [1.82, 2.24) is 0 Å². The van der Waals surface area contributed by atoms with Crippen molar-refractivity contribution in [3.05, 3.63) is 29.8 Å². The predicted molar refractivity (Wildman–Crippen MR) is 116 cm³/mol. The van der Waals surface area contributed by atoms with Gasteiger partial charge in [0.1, 0.15) is 11.2 Å². The maximum absolute atomic E-state index is 12.9. The summed E-state index contributed by atoms with van der Waals surface area (Å²) in [5, 5.41) is 0.418. The molecular formula is C22H35O7P. The normalized spacial score (nSPS) is 12.7. The van der Waals surface area contributed by atoms with Gasteiger partial charge in [-0.3, -0.25) is 14.2 Å². The summed E-state index contributed by atoms with van der Waals surface area (Å²) >= 11 is 0. The van der Waals surface area contributed by atoms with E-state index in [1.165, 1.54) is 0 Å². The number of ether oxygens (including phenoxy) is 2. The van der Waals surface area contributed by atoms with Crippen molar-refractivity contribution in [3.63, 3.8) is 0 Å². The molecule has 0 bridgehead atoms. The molecule has 0 unspecified atom stereocenters. The molecule has 1 aromatic carbocycles. The van der Waals surface area contributed by atoms with Crippen LogP contribution in [-0.2, 0) is 39.1 Å². The standard InChI is InChI=1S/C22H35O7P/c1-9-26-30(25,27-10-2)17-13-11-16(12-14-17)15-18(19(23)28-21(3,4)5)20(24)29-22(6,7)8/h11-14,18H,9-10,15H2,1-8H3. The van der Waals surface area contributed by atoms with Crippen molar-refractivity contribution in [2.24, 2.45) is 5.92 Å². The zero-order valence-corrected chi connectivity index (χ0v) is 20.2. The fourth-order valence-electron chi connectivity index (χ4n) is 2.59. The first-order valence-corrected chi connectivity index (χ1v) is 11.7. The van der Waals surface area contributed by atoms with Gasteiger partial charge < -0.3 is 18.5 Å². The highest BCUT2D eigenvalue weighted by atomic mass is 31.2. The van der Waals surface area contributed by atoms with Crippen molar-refractivity contribution in [2.45, 2.75) is 73.0 Å². The smallest absolute Gasteiger partial charge is 0.361 e. The van der Waals surface area contributed by atoms with Crippen LogP contribution in [0.25, 0.3) is 0 Å². The number of rotatable bonds is 9. The van der Waals surface area contributed by atoms with E-state index in [4.69, 9.17) is 18.5 Å². The van der Waals surface area contributed by atoms with Crippen molar-refractivity contribution in [1.29, 1.82) is 0 Å². The maximum Gasteiger partial charge on any atom is 0.361 e. The number of hydrogen-bond donors (Lipinski definition) is 0. The summed E-state index contributed by atoms with van der Waals surface area (Å²) in [5.74, 6) is -2.40. The van der Waals surface area contributed by atoms with Crippen LogP contribution in [-0.4, -0.2) is 36.4 Å². The second-order valence-corrected chi connectivity index (χ2v) is 10.9. The highest BCUT2D eigenvalue weighted by Crippen LogP contribution is 2.46. The Morgan fingerprint density at radius 2 is 1.23 bits per heavy atom. The van der Waals surface area contributed by atoms with Crippen molar-refractivity contribution >= 4 is 24.8 Å². The fourth-order valence-corrected chi connectivity index (χ4v) is 4.15. The van der Waals surface area contributed by atoms with Crippen LogP contribution in [0.2, 0.25) is 0 Å². The van der Waals surface area contributed by atoms with Gasteiger partial charge >= 0.3 is 19.5 Å². The largest absolute Gasteiger partial charge is 0.459 e. The summed E-state index contributed by atoms with van der Waals surface area (Å²) in [7, 11) is -3.40. The predicted octanol–water partition coefficient (Wildman–Crippen LogP) is 4.42. The van der Waals surface area contributed by atoms with Gasteiger partial charge in [0, 0.05) is 0 Å². The summed E-state index contributed by atoms with van der Waals surface area (Å²) in [5.41, 5.74) is -0.772. The molecule has 0 spiro atoms. The molecule has 7 nitrogen and oxygen atoms in total. The second-order valence-electron chi connectivity index (χ2n) is 8.82. The Morgan fingerprint density at radius 1 is 0.833 bits per heavy atom. The Labute approximate surface area is 180 Å². The van der Waals surface area contributed by atoms with Crippen LogP contribution in [0.4, 0.5) is 0 Å². The third-order valence-corrected chi connectivity index (χ3v) is 5.80. The average molecular weight is 442 g/mol. The number of carbonyl (C=O) groups excluding carboxylic acids is 2. The monoisotopic (exact) mass is 442 g/mol. The lowest BCUT2D eigenvalue weighted by molar-refractivity contribution is -0.174. The summed E-state index contributed by atoms with van der Waals surface area (Å²) < 4.78 is 34.4. The van der Waals surface area contributed by atoms with Gasteiger partial charge in [-0.2, -0.15) is 0 Å². The van der Waals surface area contributed by atoms with Crippen molar-refractivity contribution in [2.75, 3.05) is 13.2 Å². The molecule has 1 rings (SSSR count). The number of esters is 2.